The Bertz CT molecular complexity index is 624. The molecule has 1 aromatic heterocycles. The molecule has 2 unspecified atom stereocenters. The quantitative estimate of drug-likeness (QED) is 0.746. The molecule has 1 fully saturated rings. The number of anilines is 1. The molecule has 2 heterocycles. The Morgan fingerprint density at radius 1 is 1.63 bits per heavy atom. The van der Waals surface area contributed by atoms with E-state index in [4.69, 9.17) is 10.5 Å². The van der Waals surface area contributed by atoms with Gasteiger partial charge in [0.2, 0.25) is 5.91 Å². The summed E-state index contributed by atoms with van der Waals surface area (Å²) in [5.41, 5.74) is 6.88. The number of hydrogen-bond acceptors (Lipinski definition) is 4. The maximum atomic E-state index is 12.4. The highest BCUT2D eigenvalue weighted by molar-refractivity contribution is 6.03. The van der Waals surface area contributed by atoms with Crippen LogP contribution in [-0.4, -0.2) is 35.4 Å². The number of carbonyl (C=O) groups excluding carboxylic acids is 1. The lowest BCUT2D eigenvalue weighted by molar-refractivity contribution is -0.125. The van der Waals surface area contributed by atoms with Crippen molar-refractivity contribution in [1.82, 2.24) is 10.2 Å². The van der Waals surface area contributed by atoms with Crippen molar-refractivity contribution in [3.05, 3.63) is 24.4 Å². The molecule has 6 heteroatoms. The number of H-pyrrole nitrogens is 1. The van der Waals surface area contributed by atoms with Gasteiger partial charge in [0.25, 0.3) is 0 Å². The fourth-order valence-corrected chi connectivity index (χ4v) is 2.27. The Morgan fingerprint density at radius 3 is 3.21 bits per heavy atom. The zero-order valence-corrected chi connectivity index (χ0v) is 10.6. The lowest BCUT2D eigenvalue weighted by atomic mass is 9.84. The summed E-state index contributed by atoms with van der Waals surface area (Å²) in [7, 11) is 0. The standard InChI is InChI=1S/C13H16N4O2/c1-13(7-19-6-11(13)14)12(18)16-9-3-2-4-10-8(9)5-15-17-10/h2-5,11H,6-7,14H2,1H3,(H,15,17)(H,16,18). The van der Waals surface area contributed by atoms with Gasteiger partial charge >= 0.3 is 0 Å². The van der Waals surface area contributed by atoms with Crippen molar-refractivity contribution in [2.75, 3.05) is 18.5 Å². The first-order valence-electron chi connectivity index (χ1n) is 6.18. The van der Waals surface area contributed by atoms with Crippen molar-refractivity contribution in [2.45, 2.75) is 13.0 Å². The third kappa shape index (κ3) is 1.89. The summed E-state index contributed by atoms with van der Waals surface area (Å²) in [4.78, 5) is 12.4. The molecule has 0 saturated carbocycles. The molecule has 4 N–H and O–H groups in total. The first kappa shape index (κ1) is 12.1. The molecule has 1 aromatic carbocycles. The second-order valence-corrected chi connectivity index (χ2v) is 5.13. The molecule has 0 radical (unpaired) electrons. The number of fused-ring (bicyclic) bond motifs is 1. The van der Waals surface area contributed by atoms with E-state index in [1.54, 1.807) is 6.20 Å². The minimum atomic E-state index is -0.689. The minimum absolute atomic E-state index is 0.119. The summed E-state index contributed by atoms with van der Waals surface area (Å²) >= 11 is 0. The smallest absolute Gasteiger partial charge is 0.234 e. The highest BCUT2D eigenvalue weighted by Crippen LogP contribution is 2.30. The molecule has 0 bridgehead atoms. The molecule has 1 amide bonds. The van der Waals surface area contributed by atoms with Crippen molar-refractivity contribution in [3.8, 4) is 0 Å². The fourth-order valence-electron chi connectivity index (χ4n) is 2.27. The highest BCUT2D eigenvalue weighted by atomic mass is 16.5. The van der Waals surface area contributed by atoms with E-state index in [2.05, 4.69) is 15.5 Å². The van der Waals surface area contributed by atoms with Crippen LogP contribution in [-0.2, 0) is 9.53 Å². The molecule has 1 aliphatic rings. The fraction of sp³-hybridized carbons (Fsp3) is 0.385. The Hall–Kier alpha value is -1.92. The second kappa shape index (κ2) is 4.32. The number of aromatic nitrogens is 2. The molecular weight excluding hydrogens is 244 g/mol. The molecule has 1 saturated heterocycles. The maximum absolute atomic E-state index is 12.4. The number of benzene rings is 1. The van der Waals surface area contributed by atoms with Crippen LogP contribution in [0.1, 0.15) is 6.92 Å². The molecule has 0 spiro atoms. The van der Waals surface area contributed by atoms with Gasteiger partial charge in [-0.3, -0.25) is 9.89 Å². The van der Waals surface area contributed by atoms with E-state index in [1.165, 1.54) is 0 Å². The summed E-state index contributed by atoms with van der Waals surface area (Å²) in [6.45, 7) is 2.59. The SMILES string of the molecule is CC1(C(=O)Nc2cccc3[nH]ncc23)COCC1N. The number of nitrogens with zero attached hydrogens (tertiary/aromatic N) is 1. The number of carbonyl (C=O) groups is 1. The van der Waals surface area contributed by atoms with Crippen LogP contribution in [0.3, 0.4) is 0 Å². The number of nitrogens with two attached hydrogens (primary N) is 1. The molecule has 2 atom stereocenters. The molecule has 100 valence electrons. The van der Waals surface area contributed by atoms with Gasteiger partial charge in [0.15, 0.2) is 0 Å². The van der Waals surface area contributed by atoms with Crippen LogP contribution in [0.25, 0.3) is 10.9 Å². The van der Waals surface area contributed by atoms with Crippen molar-refractivity contribution in [3.63, 3.8) is 0 Å². The van der Waals surface area contributed by atoms with E-state index in [1.807, 2.05) is 25.1 Å². The van der Waals surface area contributed by atoms with Crippen molar-refractivity contribution in [1.29, 1.82) is 0 Å². The van der Waals surface area contributed by atoms with Gasteiger partial charge in [0.05, 0.1) is 36.0 Å². The van der Waals surface area contributed by atoms with Crippen LogP contribution >= 0.6 is 0 Å². The maximum Gasteiger partial charge on any atom is 0.234 e. The lowest BCUT2D eigenvalue weighted by Gasteiger charge is -2.25. The van der Waals surface area contributed by atoms with Crippen LogP contribution < -0.4 is 11.1 Å². The summed E-state index contributed by atoms with van der Waals surface area (Å²) in [6.07, 6.45) is 1.69. The van der Waals surface area contributed by atoms with Gasteiger partial charge in [-0.05, 0) is 19.1 Å². The average molecular weight is 260 g/mol. The number of ether oxygens (including phenoxy) is 1. The van der Waals surface area contributed by atoms with Crippen LogP contribution in [0, 0.1) is 5.41 Å². The molecule has 6 nitrogen and oxygen atoms in total. The molecule has 2 aromatic rings. The van der Waals surface area contributed by atoms with Gasteiger partial charge in [0, 0.05) is 11.4 Å². The van der Waals surface area contributed by atoms with E-state index in [0.29, 0.717) is 13.2 Å². The van der Waals surface area contributed by atoms with Gasteiger partial charge in [-0.1, -0.05) is 6.07 Å². The molecule has 1 aliphatic heterocycles. The first-order valence-corrected chi connectivity index (χ1v) is 6.18. The minimum Gasteiger partial charge on any atom is -0.379 e. The van der Waals surface area contributed by atoms with Gasteiger partial charge in [0.1, 0.15) is 0 Å². The third-order valence-corrected chi connectivity index (χ3v) is 3.77. The molecular formula is C13H16N4O2. The van der Waals surface area contributed by atoms with E-state index in [-0.39, 0.29) is 11.9 Å². The van der Waals surface area contributed by atoms with Gasteiger partial charge in [-0.25, -0.2) is 0 Å². The first-order chi connectivity index (χ1) is 9.11. The third-order valence-electron chi connectivity index (χ3n) is 3.77. The van der Waals surface area contributed by atoms with Gasteiger partial charge in [-0.15, -0.1) is 0 Å². The number of amides is 1. The molecule has 0 aliphatic carbocycles. The second-order valence-electron chi connectivity index (χ2n) is 5.13. The van der Waals surface area contributed by atoms with Gasteiger partial charge in [-0.2, -0.15) is 5.10 Å². The summed E-state index contributed by atoms with van der Waals surface area (Å²) in [5.74, 6) is -0.119. The summed E-state index contributed by atoms with van der Waals surface area (Å²) < 4.78 is 5.30. The number of nitrogens with one attached hydrogen (secondary N) is 2. The monoisotopic (exact) mass is 260 g/mol. The number of hydrogen-bond donors (Lipinski definition) is 3. The molecule has 3 rings (SSSR count). The van der Waals surface area contributed by atoms with E-state index >= 15 is 0 Å². The Labute approximate surface area is 110 Å². The van der Waals surface area contributed by atoms with Crippen LogP contribution in [0.2, 0.25) is 0 Å². The summed E-state index contributed by atoms with van der Waals surface area (Å²) in [5, 5.41) is 10.7. The summed E-state index contributed by atoms with van der Waals surface area (Å²) in [6, 6.07) is 5.34. The number of rotatable bonds is 2. The molecule has 19 heavy (non-hydrogen) atoms. The van der Waals surface area contributed by atoms with Crippen LogP contribution in [0.5, 0.6) is 0 Å². The topological polar surface area (TPSA) is 93.0 Å². The van der Waals surface area contributed by atoms with Crippen molar-refractivity contribution >= 4 is 22.5 Å². The van der Waals surface area contributed by atoms with Crippen molar-refractivity contribution in [2.24, 2.45) is 11.1 Å². The number of aromatic amines is 1. The predicted molar refractivity (Wildman–Crippen MR) is 71.6 cm³/mol. The van der Waals surface area contributed by atoms with Crippen LogP contribution in [0.4, 0.5) is 5.69 Å². The van der Waals surface area contributed by atoms with E-state index in [9.17, 15) is 4.79 Å². The van der Waals surface area contributed by atoms with Crippen LogP contribution in [0.15, 0.2) is 24.4 Å². The Morgan fingerprint density at radius 2 is 2.47 bits per heavy atom. The average Bonchev–Trinajstić information content (AvgIpc) is 2.99. The van der Waals surface area contributed by atoms with E-state index in [0.717, 1.165) is 16.6 Å². The largest absolute Gasteiger partial charge is 0.379 e. The zero-order valence-electron chi connectivity index (χ0n) is 10.6. The van der Waals surface area contributed by atoms with Crippen molar-refractivity contribution < 1.29 is 9.53 Å². The normalized spacial score (nSPS) is 26.7. The van der Waals surface area contributed by atoms with Gasteiger partial charge < -0.3 is 15.8 Å². The Balaban J connectivity index is 1.89. The highest BCUT2D eigenvalue weighted by Gasteiger charge is 2.44. The lowest BCUT2D eigenvalue weighted by Crippen LogP contribution is -2.47. The predicted octanol–water partition coefficient (Wildman–Crippen LogP) is 0.865. The van der Waals surface area contributed by atoms with E-state index < -0.39 is 5.41 Å². The zero-order chi connectivity index (χ0) is 13.5. The Kier molecular flexibility index (Phi) is 2.76.